The lowest BCUT2D eigenvalue weighted by atomic mass is 10.1. The van der Waals surface area contributed by atoms with Crippen LogP contribution in [0.15, 0.2) is 35.1 Å². The second kappa shape index (κ2) is 4.56. The quantitative estimate of drug-likeness (QED) is 0.864. The molecule has 0 saturated heterocycles. The van der Waals surface area contributed by atoms with Crippen molar-refractivity contribution in [3.63, 3.8) is 0 Å². The van der Waals surface area contributed by atoms with Crippen molar-refractivity contribution in [2.24, 2.45) is 0 Å². The number of nitrogens with zero attached hydrogens (tertiary/aromatic N) is 1. The van der Waals surface area contributed by atoms with Gasteiger partial charge in [-0.25, -0.2) is 9.18 Å². The molecule has 0 atom stereocenters. The van der Waals surface area contributed by atoms with E-state index in [1.807, 2.05) is 0 Å². The molecule has 1 aromatic heterocycles. The summed E-state index contributed by atoms with van der Waals surface area (Å²) in [7, 11) is 0. The molecule has 0 amide bonds. The Labute approximate surface area is 107 Å². The molecule has 0 bridgehead atoms. The summed E-state index contributed by atoms with van der Waals surface area (Å²) < 4.78 is 14.3. The van der Waals surface area contributed by atoms with Crippen molar-refractivity contribution in [2.45, 2.75) is 6.92 Å². The van der Waals surface area contributed by atoms with Gasteiger partial charge in [0, 0.05) is 17.7 Å². The smallest absolute Gasteiger partial charge is 0.353 e. The number of benzene rings is 1. The number of aromatic hydroxyl groups is 1. The van der Waals surface area contributed by atoms with Crippen LogP contribution in [-0.2, 0) is 0 Å². The van der Waals surface area contributed by atoms with Gasteiger partial charge in [-0.3, -0.25) is 9.36 Å². The second-order valence-electron chi connectivity index (χ2n) is 3.96. The van der Waals surface area contributed by atoms with Gasteiger partial charge in [0.05, 0.1) is 5.69 Å². The van der Waals surface area contributed by atoms with Crippen molar-refractivity contribution in [1.29, 1.82) is 0 Å². The molecule has 1 aromatic carbocycles. The molecule has 5 nitrogen and oxygen atoms in total. The van der Waals surface area contributed by atoms with Gasteiger partial charge in [-0.2, -0.15) is 0 Å². The van der Waals surface area contributed by atoms with E-state index < -0.39 is 28.8 Å². The normalized spacial score (nSPS) is 10.4. The summed E-state index contributed by atoms with van der Waals surface area (Å²) in [5, 5.41) is 18.4. The Morgan fingerprint density at radius 3 is 2.63 bits per heavy atom. The lowest BCUT2D eigenvalue weighted by molar-refractivity contribution is 0.0686. The molecule has 0 aliphatic carbocycles. The third-order valence-corrected chi connectivity index (χ3v) is 2.72. The minimum Gasteiger partial charge on any atom is -0.508 e. The van der Waals surface area contributed by atoms with E-state index in [1.54, 1.807) is 0 Å². The van der Waals surface area contributed by atoms with Crippen LogP contribution in [0.1, 0.15) is 16.1 Å². The Kier molecular flexibility index (Phi) is 3.08. The van der Waals surface area contributed by atoms with E-state index in [4.69, 9.17) is 5.11 Å². The summed E-state index contributed by atoms with van der Waals surface area (Å²) in [6.45, 7) is 1.44. The molecule has 2 aromatic rings. The largest absolute Gasteiger partial charge is 0.508 e. The van der Waals surface area contributed by atoms with Gasteiger partial charge < -0.3 is 10.2 Å². The van der Waals surface area contributed by atoms with Crippen molar-refractivity contribution in [3.05, 3.63) is 57.8 Å². The molecule has 0 aliphatic rings. The molecule has 0 spiro atoms. The SMILES string of the molecule is Cc1c(F)cccc1-n1c(C(=O)O)cc(O)cc1=O. The number of aromatic nitrogens is 1. The number of pyridine rings is 1. The third kappa shape index (κ3) is 2.20. The maximum atomic E-state index is 13.5. The van der Waals surface area contributed by atoms with Crippen LogP contribution in [0.5, 0.6) is 5.75 Å². The number of aromatic carboxylic acids is 1. The van der Waals surface area contributed by atoms with Crippen LogP contribution < -0.4 is 5.56 Å². The van der Waals surface area contributed by atoms with Crippen LogP contribution in [0.25, 0.3) is 5.69 Å². The predicted molar refractivity (Wildman–Crippen MR) is 65.4 cm³/mol. The van der Waals surface area contributed by atoms with Gasteiger partial charge in [-0.1, -0.05) is 6.07 Å². The maximum Gasteiger partial charge on any atom is 0.353 e. The Morgan fingerprint density at radius 1 is 1.32 bits per heavy atom. The van der Waals surface area contributed by atoms with Crippen molar-refractivity contribution in [3.8, 4) is 11.4 Å². The van der Waals surface area contributed by atoms with E-state index in [2.05, 4.69) is 0 Å². The van der Waals surface area contributed by atoms with Crippen LogP contribution in [0.4, 0.5) is 4.39 Å². The van der Waals surface area contributed by atoms with Gasteiger partial charge in [-0.15, -0.1) is 0 Å². The second-order valence-corrected chi connectivity index (χ2v) is 3.96. The summed E-state index contributed by atoms with van der Waals surface area (Å²) in [4.78, 5) is 23.0. The first kappa shape index (κ1) is 12.8. The first-order chi connectivity index (χ1) is 8.91. The van der Waals surface area contributed by atoms with Crippen molar-refractivity contribution >= 4 is 5.97 Å². The molecule has 0 saturated carbocycles. The molecule has 0 unspecified atom stereocenters. The summed E-state index contributed by atoms with van der Waals surface area (Å²) in [6, 6.07) is 5.83. The summed E-state index contributed by atoms with van der Waals surface area (Å²) >= 11 is 0. The van der Waals surface area contributed by atoms with Crippen molar-refractivity contribution in [1.82, 2.24) is 4.57 Å². The van der Waals surface area contributed by atoms with E-state index >= 15 is 0 Å². The van der Waals surface area contributed by atoms with E-state index in [1.165, 1.54) is 25.1 Å². The number of carbonyl (C=O) groups is 1. The molecule has 98 valence electrons. The van der Waals surface area contributed by atoms with Crippen LogP contribution >= 0.6 is 0 Å². The van der Waals surface area contributed by atoms with Crippen molar-refractivity contribution in [2.75, 3.05) is 0 Å². The third-order valence-electron chi connectivity index (χ3n) is 2.72. The Bertz CT molecular complexity index is 721. The van der Waals surface area contributed by atoms with E-state index in [0.717, 1.165) is 16.7 Å². The van der Waals surface area contributed by atoms with Gasteiger partial charge in [-0.05, 0) is 19.1 Å². The molecule has 6 heteroatoms. The highest BCUT2D eigenvalue weighted by molar-refractivity contribution is 5.87. The minimum absolute atomic E-state index is 0.127. The Morgan fingerprint density at radius 2 is 2.00 bits per heavy atom. The fourth-order valence-electron chi connectivity index (χ4n) is 1.80. The molecular weight excluding hydrogens is 253 g/mol. The highest BCUT2D eigenvalue weighted by atomic mass is 19.1. The van der Waals surface area contributed by atoms with Crippen LogP contribution in [0.3, 0.4) is 0 Å². The lowest BCUT2D eigenvalue weighted by Crippen LogP contribution is -2.24. The number of hydrogen-bond donors (Lipinski definition) is 2. The number of hydrogen-bond acceptors (Lipinski definition) is 3. The van der Waals surface area contributed by atoms with Gasteiger partial charge in [0.1, 0.15) is 17.3 Å². The molecule has 0 radical (unpaired) electrons. The minimum atomic E-state index is -1.39. The van der Waals surface area contributed by atoms with Gasteiger partial charge in [0.25, 0.3) is 5.56 Å². The predicted octanol–water partition coefficient (Wildman–Crippen LogP) is 1.69. The molecular formula is C13H10FNO4. The summed E-state index contributed by atoms with van der Waals surface area (Å²) in [5.41, 5.74) is -0.898. The Balaban J connectivity index is 2.86. The molecule has 2 N–H and O–H groups in total. The standard InChI is InChI=1S/C13H10FNO4/c1-7-9(14)3-2-4-10(7)15-11(13(18)19)5-8(16)6-12(15)17/h2-6,16H,1H3,(H,18,19). The molecule has 0 aliphatic heterocycles. The zero-order valence-corrected chi connectivity index (χ0v) is 9.92. The molecule has 2 rings (SSSR count). The first-order valence-corrected chi connectivity index (χ1v) is 5.36. The summed E-state index contributed by atoms with van der Waals surface area (Å²) in [5.74, 6) is -2.39. The Hall–Kier alpha value is -2.63. The lowest BCUT2D eigenvalue weighted by Gasteiger charge is -2.13. The van der Waals surface area contributed by atoms with Crippen LogP contribution in [-0.4, -0.2) is 20.7 Å². The summed E-state index contributed by atoms with van der Waals surface area (Å²) in [6.07, 6.45) is 0. The first-order valence-electron chi connectivity index (χ1n) is 5.36. The van der Waals surface area contributed by atoms with E-state index in [9.17, 15) is 19.1 Å². The van der Waals surface area contributed by atoms with E-state index in [-0.39, 0.29) is 11.3 Å². The van der Waals surface area contributed by atoms with Gasteiger partial charge >= 0.3 is 5.97 Å². The molecule has 0 fully saturated rings. The highest BCUT2D eigenvalue weighted by Crippen LogP contribution is 2.19. The fraction of sp³-hybridized carbons (Fsp3) is 0.0769. The maximum absolute atomic E-state index is 13.5. The monoisotopic (exact) mass is 263 g/mol. The number of halogens is 1. The fourth-order valence-corrected chi connectivity index (χ4v) is 1.80. The zero-order chi connectivity index (χ0) is 14.2. The van der Waals surface area contributed by atoms with Crippen molar-refractivity contribution < 1.29 is 19.4 Å². The zero-order valence-electron chi connectivity index (χ0n) is 9.92. The molecule has 1 heterocycles. The van der Waals surface area contributed by atoms with Gasteiger partial charge in [0.2, 0.25) is 0 Å². The topological polar surface area (TPSA) is 79.5 Å². The van der Waals surface area contributed by atoms with Gasteiger partial charge in [0.15, 0.2) is 0 Å². The molecule has 19 heavy (non-hydrogen) atoms. The van der Waals surface area contributed by atoms with Crippen LogP contribution in [0, 0.1) is 12.7 Å². The number of carboxylic acids is 1. The number of rotatable bonds is 2. The average molecular weight is 263 g/mol. The van der Waals surface area contributed by atoms with Crippen LogP contribution in [0.2, 0.25) is 0 Å². The number of carboxylic acid groups (broad SMARTS) is 1. The van der Waals surface area contributed by atoms with E-state index in [0.29, 0.717) is 0 Å². The average Bonchev–Trinajstić information content (AvgIpc) is 2.32. The highest BCUT2D eigenvalue weighted by Gasteiger charge is 2.17.